The Labute approximate surface area is 52.1 Å². The zero-order valence-corrected chi connectivity index (χ0v) is 4.65. The summed E-state index contributed by atoms with van der Waals surface area (Å²) in [5.41, 5.74) is 0.516. The van der Waals surface area contributed by atoms with Gasteiger partial charge in [0.15, 0.2) is 18.7 Å². The third kappa shape index (κ3) is 1.25. The van der Waals surface area contributed by atoms with Crippen LogP contribution in [-0.4, -0.2) is 6.29 Å². The molecule has 0 atom stereocenters. The van der Waals surface area contributed by atoms with Crippen LogP contribution in [0.3, 0.4) is 0 Å². The summed E-state index contributed by atoms with van der Waals surface area (Å²) in [6, 6.07) is 2.92. The van der Waals surface area contributed by atoms with E-state index in [4.69, 9.17) is 0 Å². The molecule has 0 N–H and O–H groups in total. The topological polar surface area (TPSA) is 44.0 Å². The molecule has 46 valence electrons. The second-order valence-corrected chi connectivity index (χ2v) is 1.61. The van der Waals surface area contributed by atoms with Gasteiger partial charge < -0.3 is 5.21 Å². The highest BCUT2D eigenvalue weighted by Gasteiger charge is 1.89. The zero-order valence-electron chi connectivity index (χ0n) is 4.65. The summed E-state index contributed by atoms with van der Waals surface area (Å²) in [5.74, 6) is 0. The largest absolute Gasteiger partial charge is 0.619 e. The normalized spacial score (nSPS) is 8.89. The van der Waals surface area contributed by atoms with E-state index in [9.17, 15) is 10.0 Å². The fourth-order valence-electron chi connectivity index (χ4n) is 0.503. The maximum absolute atomic E-state index is 10.3. The number of carbonyl (C=O) groups is 1. The van der Waals surface area contributed by atoms with Gasteiger partial charge in [-0.1, -0.05) is 0 Å². The van der Waals surface area contributed by atoms with Crippen molar-refractivity contribution in [3.8, 4) is 0 Å². The first-order valence-electron chi connectivity index (χ1n) is 2.47. The molecule has 0 aliphatic rings. The third-order valence-corrected chi connectivity index (χ3v) is 0.964. The highest BCUT2D eigenvalue weighted by molar-refractivity contribution is 5.73. The Morgan fingerprint density at radius 1 is 1.44 bits per heavy atom. The van der Waals surface area contributed by atoms with Gasteiger partial charge in [-0.2, -0.15) is 4.73 Å². The number of aromatic nitrogens is 1. The summed E-state index contributed by atoms with van der Waals surface area (Å²) in [7, 11) is 0. The molecule has 0 saturated heterocycles. The molecule has 3 heteroatoms. The van der Waals surface area contributed by atoms with Gasteiger partial charge in [0.1, 0.15) is 0 Å². The lowest BCUT2D eigenvalue weighted by molar-refractivity contribution is -0.605. The van der Waals surface area contributed by atoms with Crippen LogP contribution in [0.4, 0.5) is 0 Å². The quantitative estimate of drug-likeness (QED) is 0.302. The summed E-state index contributed by atoms with van der Waals surface area (Å²) >= 11 is 0. The Balaban J connectivity index is 3.01. The van der Waals surface area contributed by atoms with Crippen molar-refractivity contribution in [3.05, 3.63) is 35.3 Å². The second kappa shape index (κ2) is 2.26. The molecule has 1 rings (SSSR count). The molecule has 1 aromatic heterocycles. The average Bonchev–Trinajstić information content (AvgIpc) is 1.90. The molecule has 0 aromatic carbocycles. The number of rotatable bonds is 1. The van der Waals surface area contributed by atoms with Crippen LogP contribution in [-0.2, 0) is 0 Å². The molecule has 0 aliphatic carbocycles. The molecule has 0 aliphatic heterocycles. The summed E-state index contributed by atoms with van der Waals surface area (Å²) in [6.07, 6.45) is 3.26. The van der Waals surface area contributed by atoms with E-state index < -0.39 is 0 Å². The van der Waals surface area contributed by atoms with Crippen LogP contribution in [0.5, 0.6) is 0 Å². The van der Waals surface area contributed by atoms with Crippen LogP contribution in [0.15, 0.2) is 24.5 Å². The molecule has 1 aromatic rings. The van der Waals surface area contributed by atoms with E-state index in [2.05, 4.69) is 0 Å². The number of carbonyl (C=O) groups excluding carboxylic acids is 1. The molecule has 0 amide bonds. The molecular weight excluding hydrogens is 118 g/mol. The maximum Gasteiger partial charge on any atom is 0.181 e. The fraction of sp³-hybridized carbons (Fsp3) is 0. The number of hydrogen-bond acceptors (Lipinski definition) is 2. The van der Waals surface area contributed by atoms with E-state index in [1.54, 1.807) is 0 Å². The summed E-state index contributed by atoms with van der Waals surface area (Å²) in [6.45, 7) is 0. The minimum atomic E-state index is 0.516. The second-order valence-electron chi connectivity index (χ2n) is 1.61. The van der Waals surface area contributed by atoms with Crippen LogP contribution < -0.4 is 4.73 Å². The van der Waals surface area contributed by atoms with Crippen molar-refractivity contribution < 1.29 is 9.52 Å². The third-order valence-electron chi connectivity index (χ3n) is 0.964. The van der Waals surface area contributed by atoms with E-state index >= 15 is 0 Å². The predicted octanol–water partition coefficient (Wildman–Crippen LogP) is 0.132. The van der Waals surface area contributed by atoms with Gasteiger partial charge in [0.05, 0.1) is 0 Å². The van der Waals surface area contributed by atoms with E-state index in [-0.39, 0.29) is 0 Å². The van der Waals surface area contributed by atoms with E-state index in [1.807, 2.05) is 0 Å². The van der Waals surface area contributed by atoms with Crippen molar-refractivity contribution >= 4 is 6.29 Å². The number of nitrogens with zero attached hydrogens (tertiary/aromatic N) is 1. The van der Waals surface area contributed by atoms with Gasteiger partial charge in [-0.3, -0.25) is 4.79 Å². The molecule has 0 unspecified atom stereocenters. The van der Waals surface area contributed by atoms with Gasteiger partial charge in [-0.05, 0) is 0 Å². The van der Waals surface area contributed by atoms with Crippen molar-refractivity contribution in [3.63, 3.8) is 0 Å². The van der Waals surface area contributed by atoms with Crippen LogP contribution in [0, 0.1) is 5.21 Å². The predicted molar refractivity (Wildman–Crippen MR) is 30.8 cm³/mol. The molecule has 0 bridgehead atoms. The molecule has 0 spiro atoms. The summed E-state index contributed by atoms with van der Waals surface area (Å²) < 4.78 is 0.632. The number of pyridine rings is 1. The molecular formula is C6H5NO2. The first-order valence-corrected chi connectivity index (χ1v) is 2.47. The highest BCUT2D eigenvalue weighted by atomic mass is 16.5. The van der Waals surface area contributed by atoms with Crippen molar-refractivity contribution in [2.75, 3.05) is 0 Å². The molecule has 3 nitrogen and oxygen atoms in total. The van der Waals surface area contributed by atoms with Gasteiger partial charge in [-0.25, -0.2) is 0 Å². The zero-order chi connectivity index (χ0) is 6.69. The van der Waals surface area contributed by atoms with Gasteiger partial charge in [0, 0.05) is 17.7 Å². The van der Waals surface area contributed by atoms with Gasteiger partial charge in [0.2, 0.25) is 0 Å². The lowest BCUT2D eigenvalue weighted by Gasteiger charge is -1.91. The first-order chi connectivity index (χ1) is 4.33. The Morgan fingerprint density at radius 2 is 2.00 bits per heavy atom. The van der Waals surface area contributed by atoms with E-state index in [0.717, 1.165) is 0 Å². The maximum atomic E-state index is 10.3. The van der Waals surface area contributed by atoms with Gasteiger partial charge in [0.25, 0.3) is 0 Å². The van der Waals surface area contributed by atoms with Crippen LogP contribution in [0.1, 0.15) is 10.4 Å². The Morgan fingerprint density at radius 3 is 2.44 bits per heavy atom. The van der Waals surface area contributed by atoms with Crippen LogP contribution in [0.25, 0.3) is 0 Å². The molecule has 9 heavy (non-hydrogen) atoms. The minimum Gasteiger partial charge on any atom is -0.619 e. The average molecular weight is 123 g/mol. The Bertz CT molecular complexity index is 205. The summed E-state index contributed by atoms with van der Waals surface area (Å²) in [5, 5.41) is 10.3. The standard InChI is InChI=1S/C6H5NO2/c8-5-6-1-3-7(9)4-2-6/h1-5H. The highest BCUT2D eigenvalue weighted by Crippen LogP contribution is 1.86. The SMILES string of the molecule is O=Cc1cc[n+]([O-])cc1. The lowest BCUT2D eigenvalue weighted by atomic mass is 10.3. The van der Waals surface area contributed by atoms with Gasteiger partial charge >= 0.3 is 0 Å². The first kappa shape index (κ1) is 5.75. The molecule has 0 saturated carbocycles. The Kier molecular flexibility index (Phi) is 1.44. The number of aldehydes is 1. The molecule has 0 fully saturated rings. The Hall–Kier alpha value is -1.38. The number of hydrogen-bond donors (Lipinski definition) is 0. The van der Waals surface area contributed by atoms with Crippen LogP contribution >= 0.6 is 0 Å². The molecule has 0 radical (unpaired) electrons. The van der Waals surface area contributed by atoms with Crippen molar-refractivity contribution in [1.82, 2.24) is 0 Å². The van der Waals surface area contributed by atoms with E-state index in [0.29, 0.717) is 16.6 Å². The smallest absolute Gasteiger partial charge is 0.181 e. The van der Waals surface area contributed by atoms with Crippen molar-refractivity contribution in [1.29, 1.82) is 0 Å². The minimum absolute atomic E-state index is 0.516. The fourth-order valence-corrected chi connectivity index (χ4v) is 0.503. The molecule has 1 heterocycles. The van der Waals surface area contributed by atoms with Crippen molar-refractivity contribution in [2.45, 2.75) is 0 Å². The van der Waals surface area contributed by atoms with Crippen molar-refractivity contribution in [2.24, 2.45) is 0 Å². The summed E-state index contributed by atoms with van der Waals surface area (Å²) in [4.78, 5) is 10.0. The van der Waals surface area contributed by atoms with E-state index in [1.165, 1.54) is 24.5 Å². The lowest BCUT2D eigenvalue weighted by Crippen LogP contribution is -2.23. The monoisotopic (exact) mass is 123 g/mol. The van der Waals surface area contributed by atoms with Crippen LogP contribution in [0.2, 0.25) is 0 Å². The van der Waals surface area contributed by atoms with Gasteiger partial charge in [-0.15, -0.1) is 0 Å².